The van der Waals surface area contributed by atoms with Gasteiger partial charge in [0, 0.05) is 22.8 Å². The molecule has 1 heterocycles. The van der Waals surface area contributed by atoms with Crippen molar-refractivity contribution in [3.8, 4) is 0 Å². The van der Waals surface area contributed by atoms with Crippen LogP contribution in [0.3, 0.4) is 0 Å². The van der Waals surface area contributed by atoms with Crippen LogP contribution in [0.4, 0.5) is 8.78 Å². The summed E-state index contributed by atoms with van der Waals surface area (Å²) in [5.41, 5.74) is 0.816. The van der Waals surface area contributed by atoms with Crippen molar-refractivity contribution in [2.75, 3.05) is 0 Å². The second-order valence-electron chi connectivity index (χ2n) is 4.49. The molecule has 2 nitrogen and oxygen atoms in total. The maximum atomic E-state index is 13.9. The highest BCUT2D eigenvalue weighted by Crippen LogP contribution is 2.32. The Bertz CT molecular complexity index is 776. The van der Waals surface area contributed by atoms with Crippen LogP contribution in [0, 0.1) is 11.6 Å². The van der Waals surface area contributed by atoms with Crippen molar-refractivity contribution in [1.29, 1.82) is 0 Å². The van der Waals surface area contributed by atoms with E-state index >= 15 is 0 Å². The van der Waals surface area contributed by atoms with Gasteiger partial charge in [-0.1, -0.05) is 36.4 Å². The van der Waals surface area contributed by atoms with Crippen molar-refractivity contribution in [2.45, 2.75) is 0 Å². The topological polar surface area (TPSA) is 26.3 Å². The first-order valence-electron chi connectivity index (χ1n) is 6.30. The minimum Gasteiger partial charge on any atom is -0.423 e. The Morgan fingerprint density at radius 2 is 1.57 bits per heavy atom. The van der Waals surface area contributed by atoms with Crippen LogP contribution < -0.4 is 0 Å². The summed E-state index contributed by atoms with van der Waals surface area (Å²) in [4.78, 5) is 11.5. The largest absolute Gasteiger partial charge is 0.423 e. The second-order valence-corrected chi connectivity index (χ2v) is 4.49. The van der Waals surface area contributed by atoms with Crippen molar-refractivity contribution >= 4 is 17.6 Å². The molecule has 21 heavy (non-hydrogen) atoms. The van der Waals surface area contributed by atoms with Gasteiger partial charge in [0.05, 0.1) is 0 Å². The van der Waals surface area contributed by atoms with E-state index in [9.17, 15) is 13.6 Å². The van der Waals surface area contributed by atoms with Crippen molar-refractivity contribution in [1.82, 2.24) is 0 Å². The van der Waals surface area contributed by atoms with Crippen LogP contribution in [-0.2, 0) is 9.53 Å². The smallest absolute Gasteiger partial charge is 0.336 e. The monoisotopic (exact) mass is 284 g/mol. The molecular formula is C17H10F2O2. The van der Waals surface area contributed by atoms with E-state index in [0.717, 1.165) is 0 Å². The van der Waals surface area contributed by atoms with Gasteiger partial charge in [-0.2, -0.15) is 0 Å². The van der Waals surface area contributed by atoms with Gasteiger partial charge in [-0.15, -0.1) is 0 Å². The van der Waals surface area contributed by atoms with Gasteiger partial charge >= 0.3 is 5.97 Å². The summed E-state index contributed by atoms with van der Waals surface area (Å²) in [6.45, 7) is 0. The van der Waals surface area contributed by atoms with Crippen molar-refractivity contribution < 1.29 is 18.3 Å². The Morgan fingerprint density at radius 1 is 0.905 bits per heavy atom. The minimum absolute atomic E-state index is 0.134. The summed E-state index contributed by atoms with van der Waals surface area (Å²) in [5, 5.41) is 0. The molecule has 0 N–H and O–H groups in total. The molecule has 1 aliphatic heterocycles. The van der Waals surface area contributed by atoms with Crippen LogP contribution in [0.2, 0.25) is 0 Å². The number of carbonyl (C=O) groups is 1. The molecule has 0 spiro atoms. The number of esters is 1. The van der Waals surface area contributed by atoms with Crippen LogP contribution in [0.15, 0.2) is 60.4 Å². The third-order valence-electron chi connectivity index (χ3n) is 3.09. The standard InChI is InChI=1S/C17H10F2O2/c18-14-7-3-1-5-11(14)9-16-13(10-17(20)21-16)12-6-2-4-8-15(12)19/h1-10H. The molecule has 0 radical (unpaired) electrons. The fourth-order valence-electron chi connectivity index (χ4n) is 2.11. The van der Waals surface area contributed by atoms with Gasteiger partial charge < -0.3 is 4.74 Å². The van der Waals surface area contributed by atoms with Crippen molar-refractivity contribution in [3.63, 3.8) is 0 Å². The molecule has 3 rings (SSSR count). The molecule has 0 fully saturated rings. The Kier molecular flexibility index (Phi) is 3.36. The van der Waals surface area contributed by atoms with E-state index in [4.69, 9.17) is 4.74 Å². The third kappa shape index (κ3) is 2.60. The van der Waals surface area contributed by atoms with E-state index in [1.807, 2.05) is 0 Å². The molecule has 0 aromatic heterocycles. The predicted molar refractivity (Wildman–Crippen MR) is 74.8 cm³/mol. The first kappa shape index (κ1) is 13.2. The van der Waals surface area contributed by atoms with Gasteiger partial charge in [-0.25, -0.2) is 13.6 Å². The Morgan fingerprint density at radius 3 is 2.29 bits per heavy atom. The van der Waals surface area contributed by atoms with Crippen LogP contribution in [0.25, 0.3) is 11.6 Å². The number of hydrogen-bond acceptors (Lipinski definition) is 2. The number of hydrogen-bond donors (Lipinski definition) is 0. The number of benzene rings is 2. The number of allylic oxidation sites excluding steroid dienone is 1. The van der Waals surface area contributed by atoms with Crippen LogP contribution >= 0.6 is 0 Å². The normalized spacial score (nSPS) is 16.0. The van der Waals surface area contributed by atoms with E-state index in [1.165, 1.54) is 30.4 Å². The van der Waals surface area contributed by atoms with Crippen LogP contribution in [0.1, 0.15) is 11.1 Å². The molecule has 1 aliphatic rings. The number of ether oxygens (including phenoxy) is 1. The van der Waals surface area contributed by atoms with E-state index < -0.39 is 17.6 Å². The Hall–Kier alpha value is -2.75. The van der Waals surface area contributed by atoms with Crippen LogP contribution in [-0.4, -0.2) is 5.97 Å². The molecule has 4 heteroatoms. The minimum atomic E-state index is -0.601. The predicted octanol–water partition coefficient (Wildman–Crippen LogP) is 3.95. The summed E-state index contributed by atoms with van der Waals surface area (Å²) >= 11 is 0. The van der Waals surface area contributed by atoms with Gasteiger partial charge in [0.25, 0.3) is 0 Å². The molecule has 104 valence electrons. The zero-order valence-corrected chi connectivity index (χ0v) is 10.8. The van der Waals surface area contributed by atoms with E-state index in [1.54, 1.807) is 30.3 Å². The first-order chi connectivity index (χ1) is 10.1. The van der Waals surface area contributed by atoms with Crippen molar-refractivity contribution in [3.05, 3.63) is 83.1 Å². The fourth-order valence-corrected chi connectivity index (χ4v) is 2.11. The van der Waals surface area contributed by atoms with Gasteiger partial charge in [0.1, 0.15) is 17.4 Å². The highest BCUT2D eigenvalue weighted by molar-refractivity contribution is 6.03. The number of cyclic esters (lactones) is 1. The lowest BCUT2D eigenvalue weighted by Gasteiger charge is -2.06. The van der Waals surface area contributed by atoms with E-state index in [2.05, 4.69) is 0 Å². The average Bonchev–Trinajstić information content (AvgIpc) is 2.82. The highest BCUT2D eigenvalue weighted by atomic mass is 19.1. The fraction of sp³-hybridized carbons (Fsp3) is 0. The number of rotatable bonds is 2. The molecule has 0 bridgehead atoms. The number of carbonyl (C=O) groups excluding carboxylic acids is 1. The first-order valence-corrected chi connectivity index (χ1v) is 6.30. The Labute approximate surface area is 120 Å². The summed E-state index contributed by atoms with van der Waals surface area (Å²) in [5.74, 6) is -1.38. The molecule has 2 aromatic rings. The van der Waals surface area contributed by atoms with Crippen LogP contribution in [0.5, 0.6) is 0 Å². The summed E-state index contributed by atoms with van der Waals surface area (Å²) in [6.07, 6.45) is 2.59. The molecule has 0 unspecified atom stereocenters. The summed E-state index contributed by atoms with van der Waals surface area (Å²) in [7, 11) is 0. The van der Waals surface area contributed by atoms with Gasteiger partial charge in [0.15, 0.2) is 0 Å². The molecule has 0 saturated carbocycles. The van der Waals surface area contributed by atoms with Gasteiger partial charge in [-0.3, -0.25) is 0 Å². The Balaban J connectivity index is 2.08. The lowest BCUT2D eigenvalue weighted by molar-refractivity contribution is -0.132. The summed E-state index contributed by atoms with van der Waals surface area (Å²) < 4.78 is 32.6. The van der Waals surface area contributed by atoms with Gasteiger partial charge in [0.2, 0.25) is 0 Å². The molecular weight excluding hydrogens is 274 g/mol. The third-order valence-corrected chi connectivity index (χ3v) is 3.09. The highest BCUT2D eigenvalue weighted by Gasteiger charge is 2.23. The maximum Gasteiger partial charge on any atom is 0.336 e. The van der Waals surface area contributed by atoms with E-state index in [0.29, 0.717) is 5.57 Å². The average molecular weight is 284 g/mol. The maximum absolute atomic E-state index is 13.9. The molecule has 0 atom stereocenters. The second kappa shape index (κ2) is 5.32. The molecule has 0 saturated heterocycles. The number of halogens is 2. The lowest BCUT2D eigenvalue weighted by atomic mass is 10.0. The SMILES string of the molecule is O=C1C=C(c2ccccc2F)C(=Cc2ccccc2F)O1. The quantitative estimate of drug-likeness (QED) is 0.781. The van der Waals surface area contributed by atoms with Gasteiger partial charge in [-0.05, 0) is 18.2 Å². The van der Waals surface area contributed by atoms with Crippen molar-refractivity contribution in [2.24, 2.45) is 0 Å². The molecule has 0 aliphatic carbocycles. The molecule has 0 amide bonds. The zero-order valence-electron chi connectivity index (χ0n) is 10.8. The summed E-state index contributed by atoms with van der Waals surface area (Å²) in [6, 6.07) is 12.1. The molecule has 2 aromatic carbocycles. The zero-order chi connectivity index (χ0) is 14.8. The van der Waals surface area contributed by atoms with E-state index in [-0.39, 0.29) is 16.9 Å². The lowest BCUT2D eigenvalue weighted by Crippen LogP contribution is -1.94.